The molecule has 1 rings (SSSR count). The van der Waals surface area contributed by atoms with E-state index in [0.717, 1.165) is 6.07 Å². The molecule has 0 aliphatic carbocycles. The SMILES string of the molecule is O=c1[nH]c(CO)cc(C(F)F)c1CCl. The van der Waals surface area contributed by atoms with Crippen LogP contribution in [0.4, 0.5) is 8.78 Å². The second-order valence-corrected chi connectivity index (χ2v) is 2.92. The summed E-state index contributed by atoms with van der Waals surface area (Å²) in [5, 5.41) is 8.68. The van der Waals surface area contributed by atoms with Gasteiger partial charge in [-0.1, -0.05) is 0 Å². The van der Waals surface area contributed by atoms with Crippen molar-refractivity contribution in [2.75, 3.05) is 0 Å². The van der Waals surface area contributed by atoms with Crippen LogP contribution in [0.1, 0.15) is 23.2 Å². The Morgan fingerprint density at radius 3 is 2.64 bits per heavy atom. The van der Waals surface area contributed by atoms with Gasteiger partial charge in [-0.3, -0.25) is 4.79 Å². The van der Waals surface area contributed by atoms with Crippen LogP contribution in [-0.2, 0) is 12.5 Å². The van der Waals surface area contributed by atoms with Gasteiger partial charge in [-0.2, -0.15) is 0 Å². The minimum atomic E-state index is -2.77. The molecule has 0 aromatic carbocycles. The summed E-state index contributed by atoms with van der Waals surface area (Å²) >= 11 is 5.36. The summed E-state index contributed by atoms with van der Waals surface area (Å²) in [7, 11) is 0. The molecule has 0 saturated heterocycles. The van der Waals surface area contributed by atoms with E-state index in [2.05, 4.69) is 4.98 Å². The Bertz CT molecular complexity index is 378. The molecule has 0 radical (unpaired) electrons. The predicted molar refractivity (Wildman–Crippen MR) is 47.5 cm³/mol. The second-order valence-electron chi connectivity index (χ2n) is 2.65. The molecule has 78 valence electrons. The van der Waals surface area contributed by atoms with Crippen LogP contribution in [-0.4, -0.2) is 10.1 Å². The summed E-state index contributed by atoms with van der Waals surface area (Å²) in [6, 6.07) is 1.05. The molecular weight excluding hydrogens is 216 g/mol. The fourth-order valence-electron chi connectivity index (χ4n) is 1.08. The van der Waals surface area contributed by atoms with Gasteiger partial charge < -0.3 is 10.1 Å². The average molecular weight is 224 g/mol. The molecule has 0 aliphatic heterocycles. The molecule has 0 spiro atoms. The highest BCUT2D eigenvalue weighted by molar-refractivity contribution is 6.17. The first kappa shape index (κ1) is 11.1. The lowest BCUT2D eigenvalue weighted by molar-refractivity contribution is 0.149. The molecule has 2 N–H and O–H groups in total. The maximum absolute atomic E-state index is 12.4. The van der Waals surface area contributed by atoms with Crippen molar-refractivity contribution in [3.8, 4) is 0 Å². The van der Waals surface area contributed by atoms with E-state index < -0.39 is 24.2 Å². The highest BCUT2D eigenvalue weighted by Crippen LogP contribution is 2.22. The van der Waals surface area contributed by atoms with Crippen LogP contribution in [0.2, 0.25) is 0 Å². The van der Waals surface area contributed by atoms with E-state index in [0.29, 0.717) is 0 Å². The second kappa shape index (κ2) is 4.52. The first-order valence-corrected chi connectivity index (χ1v) is 4.33. The Morgan fingerprint density at radius 1 is 1.57 bits per heavy atom. The van der Waals surface area contributed by atoms with Crippen LogP contribution in [0.25, 0.3) is 0 Å². The number of pyridine rings is 1. The van der Waals surface area contributed by atoms with Crippen molar-refractivity contribution < 1.29 is 13.9 Å². The van der Waals surface area contributed by atoms with Gasteiger partial charge in [0, 0.05) is 16.8 Å². The van der Waals surface area contributed by atoms with Gasteiger partial charge in [0.2, 0.25) is 0 Å². The van der Waals surface area contributed by atoms with Gasteiger partial charge in [-0.15, -0.1) is 11.6 Å². The van der Waals surface area contributed by atoms with Gasteiger partial charge in [0.25, 0.3) is 12.0 Å². The van der Waals surface area contributed by atoms with Crippen LogP contribution >= 0.6 is 11.6 Å². The van der Waals surface area contributed by atoms with E-state index in [1.54, 1.807) is 0 Å². The van der Waals surface area contributed by atoms with Crippen molar-refractivity contribution in [1.82, 2.24) is 4.98 Å². The Kier molecular flexibility index (Phi) is 3.60. The van der Waals surface area contributed by atoms with E-state index in [-0.39, 0.29) is 17.1 Å². The Labute approximate surface area is 83.3 Å². The van der Waals surface area contributed by atoms with Gasteiger partial charge in [-0.05, 0) is 6.07 Å². The first-order chi connectivity index (χ1) is 6.60. The van der Waals surface area contributed by atoms with Crippen molar-refractivity contribution in [1.29, 1.82) is 0 Å². The fraction of sp³-hybridized carbons (Fsp3) is 0.375. The molecule has 0 bridgehead atoms. The van der Waals surface area contributed by atoms with Crippen molar-refractivity contribution in [2.45, 2.75) is 18.9 Å². The minimum absolute atomic E-state index is 0.0548. The molecule has 1 aromatic rings. The van der Waals surface area contributed by atoms with Crippen LogP contribution in [0.15, 0.2) is 10.9 Å². The molecular formula is C8H8ClF2NO2. The summed E-state index contributed by atoms with van der Waals surface area (Å²) in [4.78, 5) is 13.4. The zero-order chi connectivity index (χ0) is 10.7. The predicted octanol–water partition coefficient (Wildman–Crippen LogP) is 1.54. The smallest absolute Gasteiger partial charge is 0.264 e. The first-order valence-electron chi connectivity index (χ1n) is 3.80. The Morgan fingerprint density at radius 2 is 2.21 bits per heavy atom. The van der Waals surface area contributed by atoms with E-state index in [9.17, 15) is 13.6 Å². The lowest BCUT2D eigenvalue weighted by Crippen LogP contribution is -2.17. The molecule has 0 amide bonds. The van der Waals surface area contributed by atoms with Gasteiger partial charge in [0.05, 0.1) is 12.5 Å². The van der Waals surface area contributed by atoms with Gasteiger partial charge in [0.1, 0.15) is 0 Å². The fourth-order valence-corrected chi connectivity index (χ4v) is 1.36. The largest absolute Gasteiger partial charge is 0.390 e. The van der Waals surface area contributed by atoms with Crippen molar-refractivity contribution in [3.05, 3.63) is 33.2 Å². The van der Waals surface area contributed by atoms with Gasteiger partial charge >= 0.3 is 0 Å². The number of alkyl halides is 3. The number of nitrogens with one attached hydrogen (secondary N) is 1. The molecule has 14 heavy (non-hydrogen) atoms. The number of hydrogen-bond acceptors (Lipinski definition) is 2. The standard InChI is InChI=1S/C8H8ClF2NO2/c9-2-6-5(7(10)11)1-4(3-13)12-8(6)14/h1,7,13H,2-3H2,(H,12,14). The van der Waals surface area contributed by atoms with Crippen LogP contribution in [0, 0.1) is 0 Å². The topological polar surface area (TPSA) is 53.1 Å². The summed E-state index contributed by atoms with van der Waals surface area (Å²) in [5.74, 6) is -0.277. The summed E-state index contributed by atoms with van der Waals surface area (Å²) < 4.78 is 24.8. The number of aliphatic hydroxyl groups excluding tert-OH is 1. The van der Waals surface area contributed by atoms with E-state index in [4.69, 9.17) is 16.7 Å². The van der Waals surface area contributed by atoms with Crippen LogP contribution in [0.3, 0.4) is 0 Å². The van der Waals surface area contributed by atoms with Crippen molar-refractivity contribution in [2.24, 2.45) is 0 Å². The third-order valence-corrected chi connectivity index (χ3v) is 2.03. The summed E-state index contributed by atoms with van der Waals surface area (Å²) in [5.41, 5.74) is -1.20. The number of rotatable bonds is 3. The lowest BCUT2D eigenvalue weighted by atomic mass is 10.1. The number of H-pyrrole nitrogens is 1. The van der Waals surface area contributed by atoms with Crippen LogP contribution < -0.4 is 5.56 Å². The molecule has 0 saturated carbocycles. The van der Waals surface area contributed by atoms with E-state index in [1.807, 2.05) is 0 Å². The molecule has 0 fully saturated rings. The van der Waals surface area contributed by atoms with Crippen molar-refractivity contribution >= 4 is 11.6 Å². The molecule has 3 nitrogen and oxygen atoms in total. The monoisotopic (exact) mass is 223 g/mol. The zero-order valence-electron chi connectivity index (χ0n) is 7.06. The highest BCUT2D eigenvalue weighted by atomic mass is 35.5. The minimum Gasteiger partial charge on any atom is -0.390 e. The highest BCUT2D eigenvalue weighted by Gasteiger charge is 2.16. The maximum atomic E-state index is 12.4. The Balaban J connectivity index is 3.36. The molecule has 1 aromatic heterocycles. The summed E-state index contributed by atoms with van der Waals surface area (Å²) in [6.45, 7) is -0.489. The number of aromatic amines is 1. The van der Waals surface area contributed by atoms with E-state index in [1.165, 1.54) is 0 Å². The number of aromatic nitrogens is 1. The van der Waals surface area contributed by atoms with Gasteiger partial charge in [0.15, 0.2) is 0 Å². The third-order valence-electron chi connectivity index (χ3n) is 1.77. The van der Waals surface area contributed by atoms with Gasteiger partial charge in [-0.25, -0.2) is 8.78 Å². The van der Waals surface area contributed by atoms with Crippen LogP contribution in [0.5, 0.6) is 0 Å². The number of aliphatic hydroxyl groups is 1. The average Bonchev–Trinajstić information content (AvgIpc) is 2.16. The number of halogens is 3. The molecule has 6 heteroatoms. The number of hydrogen-bond donors (Lipinski definition) is 2. The third kappa shape index (κ3) is 2.10. The Hall–Kier alpha value is -0.940. The molecule has 1 heterocycles. The molecule has 0 atom stereocenters. The maximum Gasteiger partial charge on any atom is 0.264 e. The lowest BCUT2D eigenvalue weighted by Gasteiger charge is -2.06. The zero-order valence-corrected chi connectivity index (χ0v) is 7.81. The quantitative estimate of drug-likeness (QED) is 0.764. The normalized spacial score (nSPS) is 10.9. The summed E-state index contributed by atoms with van der Waals surface area (Å²) in [6.07, 6.45) is -2.77. The van der Waals surface area contributed by atoms with E-state index >= 15 is 0 Å². The molecule has 0 aliphatic rings. The van der Waals surface area contributed by atoms with Crippen molar-refractivity contribution in [3.63, 3.8) is 0 Å². The molecule has 0 unspecified atom stereocenters.